The van der Waals surface area contributed by atoms with Gasteiger partial charge in [0.25, 0.3) is 11.8 Å². The Morgan fingerprint density at radius 1 is 0.977 bits per heavy atom. The van der Waals surface area contributed by atoms with Crippen molar-refractivity contribution in [3.63, 3.8) is 0 Å². The lowest BCUT2D eigenvalue weighted by atomic mass is 10.1. The van der Waals surface area contributed by atoms with Crippen LogP contribution in [0.1, 0.15) is 21.5 Å². The minimum absolute atomic E-state index is 0.217. The molecule has 0 spiro atoms. The molecule has 4 aromatic carbocycles. The van der Waals surface area contributed by atoms with Crippen molar-refractivity contribution >= 4 is 89.3 Å². The third kappa shape index (κ3) is 8.54. The number of hydrogen-bond acceptors (Lipinski definition) is 7. The van der Waals surface area contributed by atoms with Gasteiger partial charge in [0.1, 0.15) is 5.75 Å². The molecule has 0 unspecified atom stereocenters. The van der Waals surface area contributed by atoms with Gasteiger partial charge >= 0.3 is 0 Å². The molecule has 1 heterocycles. The number of amides is 2. The third-order valence-electron chi connectivity index (χ3n) is 6.13. The molecule has 5 aromatic rings. The summed E-state index contributed by atoms with van der Waals surface area (Å²) in [6.07, 6.45) is 1.46. The summed E-state index contributed by atoms with van der Waals surface area (Å²) in [6.45, 7) is 1.76. The number of aromatic nitrogens is 1. The van der Waals surface area contributed by atoms with Crippen LogP contribution in [-0.4, -0.2) is 29.6 Å². The molecule has 2 amide bonds. The van der Waals surface area contributed by atoms with Gasteiger partial charge < -0.3 is 15.4 Å². The second-order valence-electron chi connectivity index (χ2n) is 9.46. The van der Waals surface area contributed by atoms with Crippen LogP contribution >= 0.6 is 54.8 Å². The molecular formula is C32H24Br2ClN5O3S. The zero-order valence-electron chi connectivity index (χ0n) is 23.1. The highest BCUT2D eigenvalue weighted by Gasteiger charge is 2.13. The molecule has 0 saturated heterocycles. The van der Waals surface area contributed by atoms with Gasteiger partial charge in [-0.25, -0.2) is 10.4 Å². The topological polar surface area (TPSA) is 105 Å². The van der Waals surface area contributed by atoms with Gasteiger partial charge in [-0.1, -0.05) is 57.4 Å². The molecule has 0 saturated carbocycles. The Morgan fingerprint density at radius 3 is 2.41 bits per heavy atom. The summed E-state index contributed by atoms with van der Waals surface area (Å²) < 4.78 is 7.20. The van der Waals surface area contributed by atoms with Crippen LogP contribution in [0.25, 0.3) is 11.3 Å². The number of carbonyl (C=O) groups is 2. The van der Waals surface area contributed by atoms with Crippen molar-refractivity contribution in [2.45, 2.75) is 6.92 Å². The van der Waals surface area contributed by atoms with Crippen molar-refractivity contribution in [3.8, 4) is 17.0 Å². The number of hydrazone groups is 1. The first-order valence-electron chi connectivity index (χ1n) is 13.1. The van der Waals surface area contributed by atoms with Crippen LogP contribution in [0.2, 0.25) is 5.02 Å². The highest BCUT2D eigenvalue weighted by atomic mass is 79.9. The summed E-state index contributed by atoms with van der Waals surface area (Å²) in [7, 11) is 0. The van der Waals surface area contributed by atoms with Crippen LogP contribution in [-0.2, 0) is 4.79 Å². The monoisotopic (exact) mass is 751 g/mol. The van der Waals surface area contributed by atoms with Gasteiger partial charge in [-0.15, -0.1) is 11.3 Å². The number of anilines is 3. The van der Waals surface area contributed by atoms with Gasteiger partial charge in [0, 0.05) is 42.9 Å². The number of carbonyl (C=O) groups excluding carboxylic acids is 2. The standard InChI is InChI=1S/C32H24Br2ClN5O3S/c1-19-2-10-25(11-3-19)37-29(41)17-43-30-22(14-23(33)15-27(30)34)16-36-40-31(42)21-6-4-20(5-7-21)28-18-44-32(39-28)38-26-12-8-24(35)9-13-26/h2-16,18H,17H2,1H3,(H,37,41)(H,38,39)(H,40,42)/b36-16-. The molecule has 0 radical (unpaired) electrons. The molecule has 222 valence electrons. The summed E-state index contributed by atoms with van der Waals surface area (Å²) in [5.74, 6) is -0.289. The average Bonchev–Trinajstić information content (AvgIpc) is 3.47. The minimum Gasteiger partial charge on any atom is -0.482 e. The maximum absolute atomic E-state index is 12.8. The second-order valence-corrected chi connectivity index (χ2v) is 12.5. The molecular weight excluding hydrogens is 730 g/mol. The first-order chi connectivity index (χ1) is 21.2. The van der Waals surface area contributed by atoms with Crippen LogP contribution in [0.15, 0.2) is 104 Å². The molecule has 0 aliphatic rings. The maximum atomic E-state index is 12.8. The predicted molar refractivity (Wildman–Crippen MR) is 184 cm³/mol. The van der Waals surface area contributed by atoms with E-state index in [-0.39, 0.29) is 18.4 Å². The lowest BCUT2D eigenvalue weighted by molar-refractivity contribution is -0.118. The Morgan fingerprint density at radius 2 is 1.68 bits per heavy atom. The molecule has 0 aliphatic heterocycles. The molecule has 0 fully saturated rings. The summed E-state index contributed by atoms with van der Waals surface area (Å²) in [4.78, 5) is 29.9. The largest absolute Gasteiger partial charge is 0.482 e. The van der Waals surface area contributed by atoms with E-state index >= 15 is 0 Å². The first-order valence-corrected chi connectivity index (χ1v) is 16.0. The second kappa shape index (κ2) is 14.6. The van der Waals surface area contributed by atoms with Gasteiger partial charge in [-0.2, -0.15) is 5.10 Å². The number of nitrogens with zero attached hydrogens (tertiary/aromatic N) is 2. The maximum Gasteiger partial charge on any atom is 0.271 e. The molecule has 0 atom stereocenters. The highest BCUT2D eigenvalue weighted by Crippen LogP contribution is 2.32. The summed E-state index contributed by atoms with van der Waals surface area (Å²) in [5, 5.41) is 13.5. The number of nitrogens with one attached hydrogen (secondary N) is 3. The van der Waals surface area contributed by atoms with Gasteiger partial charge in [0.15, 0.2) is 11.7 Å². The fourth-order valence-electron chi connectivity index (χ4n) is 3.94. The van der Waals surface area contributed by atoms with E-state index in [0.717, 1.165) is 32.1 Å². The molecule has 5 rings (SSSR count). The number of benzene rings is 4. The van der Waals surface area contributed by atoms with E-state index in [2.05, 4.69) is 58.0 Å². The van der Waals surface area contributed by atoms with Gasteiger partial charge in [0.05, 0.1) is 16.4 Å². The van der Waals surface area contributed by atoms with Crippen molar-refractivity contribution in [2.24, 2.45) is 5.10 Å². The van der Waals surface area contributed by atoms with Crippen LogP contribution in [0.5, 0.6) is 5.75 Å². The molecule has 3 N–H and O–H groups in total. The molecule has 12 heteroatoms. The van der Waals surface area contributed by atoms with E-state index in [1.54, 1.807) is 24.3 Å². The van der Waals surface area contributed by atoms with Crippen LogP contribution < -0.4 is 20.8 Å². The molecule has 0 bridgehead atoms. The molecule has 1 aromatic heterocycles. The van der Waals surface area contributed by atoms with Crippen molar-refractivity contribution in [1.82, 2.24) is 10.4 Å². The van der Waals surface area contributed by atoms with E-state index in [1.807, 2.05) is 73.0 Å². The third-order valence-corrected chi connectivity index (χ3v) is 8.19. The zero-order valence-corrected chi connectivity index (χ0v) is 27.9. The van der Waals surface area contributed by atoms with Crippen LogP contribution in [0.4, 0.5) is 16.5 Å². The van der Waals surface area contributed by atoms with Crippen molar-refractivity contribution < 1.29 is 14.3 Å². The summed E-state index contributed by atoms with van der Waals surface area (Å²) in [6, 6.07) is 25.5. The smallest absolute Gasteiger partial charge is 0.271 e. The molecule has 44 heavy (non-hydrogen) atoms. The fraction of sp³-hybridized carbons (Fsp3) is 0.0625. The van der Waals surface area contributed by atoms with E-state index in [1.165, 1.54) is 17.6 Å². The average molecular weight is 754 g/mol. The van der Waals surface area contributed by atoms with E-state index in [9.17, 15) is 9.59 Å². The van der Waals surface area contributed by atoms with E-state index < -0.39 is 0 Å². The molecule has 8 nitrogen and oxygen atoms in total. The zero-order chi connectivity index (χ0) is 31.1. The van der Waals surface area contributed by atoms with E-state index in [0.29, 0.717) is 32.1 Å². The lowest BCUT2D eigenvalue weighted by Crippen LogP contribution is -2.21. The van der Waals surface area contributed by atoms with Crippen molar-refractivity contribution in [2.75, 3.05) is 17.2 Å². The Kier molecular flexibility index (Phi) is 10.4. The van der Waals surface area contributed by atoms with E-state index in [4.69, 9.17) is 16.3 Å². The first kappa shape index (κ1) is 31.4. The Balaban J connectivity index is 1.19. The Bertz CT molecular complexity index is 1810. The number of ether oxygens (including phenoxy) is 1. The minimum atomic E-state index is -0.384. The molecule has 0 aliphatic carbocycles. The van der Waals surface area contributed by atoms with Crippen molar-refractivity contribution in [3.05, 3.63) is 121 Å². The van der Waals surface area contributed by atoms with Crippen molar-refractivity contribution in [1.29, 1.82) is 0 Å². The lowest BCUT2D eigenvalue weighted by Gasteiger charge is -2.12. The van der Waals surface area contributed by atoms with Gasteiger partial charge in [-0.05, 0) is 83.5 Å². The summed E-state index contributed by atoms with van der Waals surface area (Å²) in [5.41, 5.74) is 7.85. The quantitative estimate of drug-likeness (QED) is 0.0977. The number of rotatable bonds is 10. The number of aryl methyl sites for hydroxylation is 1. The SMILES string of the molecule is Cc1ccc(NC(=O)COc2c(Br)cc(Br)cc2/C=N\NC(=O)c2ccc(-c3csc(Nc4ccc(Cl)cc4)n3)cc2)cc1. The fourth-order valence-corrected chi connectivity index (χ4v) is 6.18. The normalized spacial score (nSPS) is 10.9. The Labute approximate surface area is 279 Å². The summed E-state index contributed by atoms with van der Waals surface area (Å²) >= 11 is 14.4. The number of hydrogen-bond donors (Lipinski definition) is 3. The predicted octanol–water partition coefficient (Wildman–Crippen LogP) is 8.82. The Hall–Kier alpha value is -4.03. The highest BCUT2D eigenvalue weighted by molar-refractivity contribution is 9.11. The van der Waals surface area contributed by atoms with Crippen LogP contribution in [0, 0.1) is 6.92 Å². The van der Waals surface area contributed by atoms with Crippen LogP contribution in [0.3, 0.4) is 0 Å². The number of thiazole rings is 1. The van der Waals surface area contributed by atoms with Gasteiger partial charge in [0.2, 0.25) is 0 Å². The number of halogens is 3. The van der Waals surface area contributed by atoms with Gasteiger partial charge in [-0.3, -0.25) is 9.59 Å².